The fraction of sp³-hybridized carbons (Fsp3) is 0.0769. The molecule has 4 heteroatoms. The number of carbonyl (C=O) groups excluding carboxylic acids is 1. The van der Waals surface area contributed by atoms with Crippen LogP contribution in [-0.4, -0.2) is 23.5 Å². The van der Waals surface area contributed by atoms with Crippen LogP contribution in [0.2, 0.25) is 0 Å². The monoisotopic (exact) mass is 229 g/mol. The minimum absolute atomic E-state index is 0.136. The largest absolute Gasteiger partial charge is 0.508 e. The van der Waals surface area contributed by atoms with Crippen molar-refractivity contribution < 1.29 is 14.6 Å². The predicted octanol–water partition coefficient (Wildman–Crippen LogP) is 2.28. The number of rotatable bonds is 3. The highest BCUT2D eigenvalue weighted by Gasteiger charge is 2.07. The van der Waals surface area contributed by atoms with Crippen LogP contribution < -0.4 is 4.74 Å². The Morgan fingerprint density at radius 1 is 1.29 bits per heavy atom. The molecule has 0 unspecified atom stereocenters. The predicted molar refractivity (Wildman–Crippen MR) is 63.3 cm³/mol. The Hall–Kier alpha value is -2.36. The molecule has 2 rings (SSSR count). The SMILES string of the molecule is COc1ccc(O)cc1-c1cncc(C=O)c1. The molecule has 1 aromatic carbocycles. The van der Waals surface area contributed by atoms with Crippen LogP contribution in [0.5, 0.6) is 11.5 Å². The zero-order valence-corrected chi connectivity index (χ0v) is 9.25. The van der Waals surface area contributed by atoms with Gasteiger partial charge in [-0.2, -0.15) is 0 Å². The van der Waals surface area contributed by atoms with Crippen molar-refractivity contribution in [1.82, 2.24) is 4.98 Å². The van der Waals surface area contributed by atoms with Gasteiger partial charge in [-0.1, -0.05) is 0 Å². The van der Waals surface area contributed by atoms with Gasteiger partial charge < -0.3 is 9.84 Å². The molecule has 0 amide bonds. The summed E-state index contributed by atoms with van der Waals surface area (Å²) in [5.74, 6) is 0.755. The Bertz CT molecular complexity index is 552. The van der Waals surface area contributed by atoms with E-state index in [-0.39, 0.29) is 5.75 Å². The molecule has 0 aliphatic carbocycles. The topological polar surface area (TPSA) is 59.4 Å². The van der Waals surface area contributed by atoms with Gasteiger partial charge in [-0.05, 0) is 24.3 Å². The number of phenols is 1. The van der Waals surface area contributed by atoms with Crippen LogP contribution in [0.25, 0.3) is 11.1 Å². The molecule has 4 nitrogen and oxygen atoms in total. The zero-order valence-electron chi connectivity index (χ0n) is 9.25. The summed E-state index contributed by atoms with van der Waals surface area (Å²) in [4.78, 5) is 14.7. The smallest absolute Gasteiger partial charge is 0.151 e. The van der Waals surface area contributed by atoms with E-state index in [1.54, 1.807) is 37.6 Å². The number of aldehydes is 1. The third kappa shape index (κ3) is 2.25. The van der Waals surface area contributed by atoms with Gasteiger partial charge in [0, 0.05) is 29.1 Å². The molecule has 0 fully saturated rings. The summed E-state index contributed by atoms with van der Waals surface area (Å²) in [6, 6.07) is 6.47. The van der Waals surface area contributed by atoms with Gasteiger partial charge in [-0.15, -0.1) is 0 Å². The number of nitrogens with zero attached hydrogens (tertiary/aromatic N) is 1. The third-order valence-electron chi connectivity index (χ3n) is 2.39. The van der Waals surface area contributed by atoms with Gasteiger partial charge in [0.2, 0.25) is 0 Å². The number of aromatic hydroxyl groups is 1. The van der Waals surface area contributed by atoms with Gasteiger partial charge in [0.05, 0.1) is 7.11 Å². The van der Waals surface area contributed by atoms with Crippen LogP contribution in [0, 0.1) is 0 Å². The minimum atomic E-state index is 0.136. The van der Waals surface area contributed by atoms with Crippen molar-refractivity contribution in [3.05, 3.63) is 42.2 Å². The van der Waals surface area contributed by atoms with Gasteiger partial charge >= 0.3 is 0 Å². The molecule has 1 heterocycles. The number of hydrogen-bond donors (Lipinski definition) is 1. The number of aromatic nitrogens is 1. The molecule has 0 saturated carbocycles. The fourth-order valence-electron chi connectivity index (χ4n) is 1.59. The van der Waals surface area contributed by atoms with Gasteiger partial charge in [0.15, 0.2) is 6.29 Å². The summed E-state index contributed by atoms with van der Waals surface area (Å²) in [5.41, 5.74) is 1.90. The highest BCUT2D eigenvalue weighted by Crippen LogP contribution is 2.32. The van der Waals surface area contributed by atoms with Crippen molar-refractivity contribution in [2.75, 3.05) is 7.11 Å². The first-order chi connectivity index (χ1) is 8.24. The Balaban J connectivity index is 2.58. The number of ether oxygens (including phenoxy) is 1. The second-order valence-electron chi connectivity index (χ2n) is 3.51. The normalized spacial score (nSPS) is 9.94. The molecular formula is C13H11NO3. The molecule has 0 atom stereocenters. The highest BCUT2D eigenvalue weighted by atomic mass is 16.5. The van der Waals surface area contributed by atoms with Crippen molar-refractivity contribution in [3.63, 3.8) is 0 Å². The zero-order chi connectivity index (χ0) is 12.3. The van der Waals surface area contributed by atoms with E-state index in [0.29, 0.717) is 16.9 Å². The number of methoxy groups -OCH3 is 1. The molecule has 2 aromatic rings. The number of benzene rings is 1. The Morgan fingerprint density at radius 3 is 2.82 bits per heavy atom. The molecule has 1 aromatic heterocycles. The summed E-state index contributed by atoms with van der Waals surface area (Å²) >= 11 is 0. The lowest BCUT2D eigenvalue weighted by molar-refractivity contribution is 0.112. The average molecular weight is 229 g/mol. The van der Waals surface area contributed by atoms with Crippen molar-refractivity contribution in [2.24, 2.45) is 0 Å². The van der Waals surface area contributed by atoms with E-state index < -0.39 is 0 Å². The summed E-state index contributed by atoms with van der Waals surface area (Å²) in [6.07, 6.45) is 3.82. The standard InChI is InChI=1S/C13H11NO3/c1-17-13-3-2-11(16)5-12(13)10-4-9(8-15)6-14-7-10/h2-8,16H,1H3. The summed E-state index contributed by atoms with van der Waals surface area (Å²) in [6.45, 7) is 0. The van der Waals surface area contributed by atoms with E-state index in [1.807, 2.05) is 0 Å². The Kier molecular flexibility index (Phi) is 3.05. The molecule has 0 spiro atoms. The fourth-order valence-corrected chi connectivity index (χ4v) is 1.59. The summed E-state index contributed by atoms with van der Waals surface area (Å²) < 4.78 is 5.20. The number of pyridine rings is 1. The first kappa shape index (κ1) is 11.1. The van der Waals surface area contributed by atoms with Crippen molar-refractivity contribution in [1.29, 1.82) is 0 Å². The lowest BCUT2D eigenvalue weighted by Gasteiger charge is -2.08. The van der Waals surface area contributed by atoms with Gasteiger partial charge in [-0.3, -0.25) is 9.78 Å². The van der Waals surface area contributed by atoms with Crippen LogP contribution in [0.4, 0.5) is 0 Å². The van der Waals surface area contributed by atoms with Crippen LogP contribution in [0.1, 0.15) is 10.4 Å². The maximum absolute atomic E-state index is 10.7. The summed E-state index contributed by atoms with van der Waals surface area (Å²) in [7, 11) is 1.55. The third-order valence-corrected chi connectivity index (χ3v) is 2.39. The maximum atomic E-state index is 10.7. The number of carbonyl (C=O) groups is 1. The van der Waals surface area contributed by atoms with Gasteiger partial charge in [0.25, 0.3) is 0 Å². The second-order valence-corrected chi connectivity index (χ2v) is 3.51. The van der Waals surface area contributed by atoms with E-state index in [4.69, 9.17) is 4.74 Å². The van der Waals surface area contributed by atoms with Gasteiger partial charge in [0.1, 0.15) is 11.5 Å². The van der Waals surface area contributed by atoms with E-state index >= 15 is 0 Å². The maximum Gasteiger partial charge on any atom is 0.151 e. The van der Waals surface area contributed by atoms with Crippen LogP contribution in [0.15, 0.2) is 36.7 Å². The molecule has 0 aliphatic heterocycles. The van der Waals surface area contributed by atoms with Crippen LogP contribution in [-0.2, 0) is 0 Å². The molecule has 86 valence electrons. The quantitative estimate of drug-likeness (QED) is 0.820. The lowest BCUT2D eigenvalue weighted by atomic mass is 10.0. The van der Waals surface area contributed by atoms with E-state index in [9.17, 15) is 9.90 Å². The second kappa shape index (κ2) is 4.65. The number of phenolic OH excluding ortho intramolecular Hbond substituents is 1. The van der Waals surface area contributed by atoms with Crippen molar-refractivity contribution in [3.8, 4) is 22.6 Å². The average Bonchev–Trinajstić information content (AvgIpc) is 2.39. The molecular weight excluding hydrogens is 218 g/mol. The summed E-state index contributed by atoms with van der Waals surface area (Å²) in [5, 5.41) is 9.48. The van der Waals surface area contributed by atoms with E-state index in [2.05, 4.69) is 4.98 Å². The first-order valence-corrected chi connectivity index (χ1v) is 5.02. The molecule has 0 aliphatic rings. The molecule has 1 N–H and O–H groups in total. The van der Waals surface area contributed by atoms with Gasteiger partial charge in [-0.25, -0.2) is 0 Å². The first-order valence-electron chi connectivity index (χ1n) is 5.02. The van der Waals surface area contributed by atoms with E-state index in [0.717, 1.165) is 11.8 Å². The van der Waals surface area contributed by atoms with Crippen LogP contribution in [0.3, 0.4) is 0 Å². The highest BCUT2D eigenvalue weighted by molar-refractivity contribution is 5.79. The molecule has 0 radical (unpaired) electrons. The minimum Gasteiger partial charge on any atom is -0.508 e. The molecule has 17 heavy (non-hydrogen) atoms. The van der Waals surface area contributed by atoms with Crippen molar-refractivity contribution in [2.45, 2.75) is 0 Å². The number of hydrogen-bond acceptors (Lipinski definition) is 4. The van der Waals surface area contributed by atoms with Crippen molar-refractivity contribution >= 4 is 6.29 Å². The molecule has 0 bridgehead atoms. The lowest BCUT2D eigenvalue weighted by Crippen LogP contribution is -1.90. The van der Waals surface area contributed by atoms with E-state index in [1.165, 1.54) is 6.20 Å². The molecule has 0 saturated heterocycles. The Labute approximate surface area is 98.5 Å². The van der Waals surface area contributed by atoms with Crippen LogP contribution >= 0.6 is 0 Å². The Morgan fingerprint density at radius 2 is 2.12 bits per heavy atom.